The van der Waals surface area contributed by atoms with Gasteiger partial charge >= 0.3 is 0 Å². The van der Waals surface area contributed by atoms with Crippen LogP contribution in [0.5, 0.6) is 5.75 Å². The molecule has 0 bridgehead atoms. The van der Waals surface area contributed by atoms with Gasteiger partial charge in [0.2, 0.25) is 0 Å². The van der Waals surface area contributed by atoms with E-state index in [-0.39, 0.29) is 11.5 Å². The minimum atomic E-state index is -0.221. The molecule has 0 atom stereocenters. The normalized spacial score (nSPS) is 10.2. The largest absolute Gasteiger partial charge is 0.507 e. The Balaban J connectivity index is 2.41. The van der Waals surface area contributed by atoms with Gasteiger partial charge in [-0.1, -0.05) is 12.1 Å². The van der Waals surface area contributed by atoms with Gasteiger partial charge < -0.3 is 5.11 Å². The molecule has 15 heavy (non-hydrogen) atoms. The maximum absolute atomic E-state index is 11.9. The lowest BCUT2D eigenvalue weighted by molar-refractivity contribution is 0.103. The van der Waals surface area contributed by atoms with Crippen LogP contribution in [0.4, 0.5) is 0 Å². The standard InChI is InChI=1S/C11H10N2O2/c1-13-7-8(6-12-13)11(15)9-4-2-3-5-10(9)14/h2-7,14H,1H3. The van der Waals surface area contributed by atoms with Crippen molar-refractivity contribution in [3.8, 4) is 5.75 Å². The molecule has 76 valence electrons. The average molecular weight is 202 g/mol. The van der Waals surface area contributed by atoms with E-state index in [2.05, 4.69) is 5.10 Å². The highest BCUT2D eigenvalue weighted by Gasteiger charge is 2.13. The summed E-state index contributed by atoms with van der Waals surface area (Å²) in [6.45, 7) is 0. The average Bonchev–Trinajstić information content (AvgIpc) is 2.65. The Morgan fingerprint density at radius 3 is 2.73 bits per heavy atom. The van der Waals surface area contributed by atoms with Gasteiger partial charge in [-0.3, -0.25) is 9.48 Å². The number of rotatable bonds is 2. The number of hydrogen-bond donors (Lipinski definition) is 1. The fraction of sp³-hybridized carbons (Fsp3) is 0.0909. The first-order valence-electron chi connectivity index (χ1n) is 4.50. The molecular formula is C11H10N2O2. The lowest BCUT2D eigenvalue weighted by atomic mass is 10.1. The Labute approximate surface area is 86.8 Å². The number of aromatic hydroxyl groups is 1. The molecule has 0 spiro atoms. The van der Waals surface area contributed by atoms with Gasteiger partial charge in [0.1, 0.15) is 5.75 Å². The number of aromatic nitrogens is 2. The molecular weight excluding hydrogens is 192 g/mol. The quantitative estimate of drug-likeness (QED) is 0.748. The molecule has 0 radical (unpaired) electrons. The summed E-state index contributed by atoms with van der Waals surface area (Å²) in [7, 11) is 1.74. The van der Waals surface area contributed by atoms with E-state index in [0.29, 0.717) is 11.1 Å². The highest BCUT2D eigenvalue weighted by Crippen LogP contribution is 2.19. The zero-order chi connectivity index (χ0) is 10.8. The fourth-order valence-electron chi connectivity index (χ4n) is 1.36. The summed E-state index contributed by atoms with van der Waals surface area (Å²) in [4.78, 5) is 11.9. The van der Waals surface area contributed by atoms with Crippen LogP contribution in [0.3, 0.4) is 0 Å². The lowest BCUT2D eigenvalue weighted by Crippen LogP contribution is -2.00. The van der Waals surface area contributed by atoms with E-state index in [1.165, 1.54) is 12.3 Å². The van der Waals surface area contributed by atoms with Gasteiger partial charge in [0, 0.05) is 13.2 Å². The highest BCUT2D eigenvalue weighted by atomic mass is 16.3. The van der Waals surface area contributed by atoms with Crippen LogP contribution in [-0.2, 0) is 7.05 Å². The number of carbonyl (C=O) groups excluding carboxylic acids is 1. The van der Waals surface area contributed by atoms with Gasteiger partial charge in [0.05, 0.1) is 17.3 Å². The Hall–Kier alpha value is -2.10. The van der Waals surface area contributed by atoms with Gasteiger partial charge in [-0.2, -0.15) is 5.10 Å². The summed E-state index contributed by atoms with van der Waals surface area (Å²) >= 11 is 0. The Morgan fingerprint density at radius 1 is 1.40 bits per heavy atom. The van der Waals surface area contributed by atoms with Crippen molar-refractivity contribution in [2.24, 2.45) is 7.05 Å². The van der Waals surface area contributed by atoms with Crippen LogP contribution < -0.4 is 0 Å². The predicted octanol–water partition coefficient (Wildman–Crippen LogP) is 1.36. The van der Waals surface area contributed by atoms with Gasteiger partial charge in [-0.05, 0) is 12.1 Å². The number of carbonyl (C=O) groups is 1. The molecule has 0 unspecified atom stereocenters. The third-order valence-corrected chi connectivity index (χ3v) is 2.12. The van der Waals surface area contributed by atoms with Crippen LogP contribution in [0, 0.1) is 0 Å². The van der Waals surface area contributed by atoms with E-state index >= 15 is 0 Å². The number of hydrogen-bond acceptors (Lipinski definition) is 3. The molecule has 0 aliphatic rings. The molecule has 4 nitrogen and oxygen atoms in total. The van der Waals surface area contributed by atoms with Crippen molar-refractivity contribution in [3.05, 3.63) is 47.8 Å². The fourth-order valence-corrected chi connectivity index (χ4v) is 1.36. The second kappa shape index (κ2) is 3.57. The van der Waals surface area contributed by atoms with Crippen LogP contribution in [-0.4, -0.2) is 20.7 Å². The minimum absolute atomic E-state index is 0.00801. The van der Waals surface area contributed by atoms with Crippen molar-refractivity contribution in [1.29, 1.82) is 0 Å². The molecule has 0 fully saturated rings. The number of nitrogens with zero attached hydrogens (tertiary/aromatic N) is 2. The minimum Gasteiger partial charge on any atom is -0.507 e. The number of benzene rings is 1. The van der Waals surface area contributed by atoms with Crippen LogP contribution in [0.1, 0.15) is 15.9 Å². The lowest BCUT2D eigenvalue weighted by Gasteiger charge is -2.00. The number of ketones is 1. The van der Waals surface area contributed by atoms with Crippen molar-refractivity contribution in [3.63, 3.8) is 0 Å². The first kappa shape index (κ1) is 9.45. The Kier molecular flexibility index (Phi) is 2.25. The summed E-state index contributed by atoms with van der Waals surface area (Å²) in [6, 6.07) is 6.47. The van der Waals surface area contributed by atoms with Crippen LogP contribution in [0.2, 0.25) is 0 Å². The smallest absolute Gasteiger partial charge is 0.199 e. The maximum atomic E-state index is 11.9. The molecule has 4 heteroatoms. The van der Waals surface area contributed by atoms with Gasteiger partial charge in [-0.15, -0.1) is 0 Å². The summed E-state index contributed by atoms with van der Waals surface area (Å²) in [6.07, 6.45) is 3.10. The van der Waals surface area contributed by atoms with E-state index in [1.54, 1.807) is 36.1 Å². The van der Waals surface area contributed by atoms with Crippen LogP contribution in [0.25, 0.3) is 0 Å². The molecule has 0 aliphatic heterocycles. The topological polar surface area (TPSA) is 55.1 Å². The molecule has 1 heterocycles. The maximum Gasteiger partial charge on any atom is 0.199 e. The summed E-state index contributed by atoms with van der Waals surface area (Å²) in [5.74, 6) is -0.229. The van der Waals surface area contributed by atoms with Crippen molar-refractivity contribution in [2.75, 3.05) is 0 Å². The number of phenolic OH excluding ortho intramolecular Hbond substituents is 1. The van der Waals surface area contributed by atoms with E-state index in [9.17, 15) is 9.90 Å². The summed E-state index contributed by atoms with van der Waals surface area (Å²) in [5, 5.41) is 13.4. The molecule has 0 saturated heterocycles. The van der Waals surface area contributed by atoms with Crippen molar-refractivity contribution >= 4 is 5.78 Å². The zero-order valence-electron chi connectivity index (χ0n) is 8.21. The number of para-hydroxylation sites is 1. The van der Waals surface area contributed by atoms with Crippen molar-refractivity contribution in [2.45, 2.75) is 0 Å². The highest BCUT2D eigenvalue weighted by molar-refractivity contribution is 6.10. The second-order valence-corrected chi connectivity index (χ2v) is 3.25. The molecule has 0 aliphatic carbocycles. The van der Waals surface area contributed by atoms with E-state index in [1.807, 2.05) is 0 Å². The molecule has 2 rings (SSSR count). The van der Waals surface area contributed by atoms with E-state index in [4.69, 9.17) is 0 Å². The number of phenols is 1. The van der Waals surface area contributed by atoms with Gasteiger partial charge in [-0.25, -0.2) is 0 Å². The second-order valence-electron chi connectivity index (χ2n) is 3.25. The van der Waals surface area contributed by atoms with E-state index < -0.39 is 0 Å². The van der Waals surface area contributed by atoms with Crippen molar-refractivity contribution in [1.82, 2.24) is 9.78 Å². The van der Waals surface area contributed by atoms with Gasteiger partial charge in [0.15, 0.2) is 5.78 Å². The number of aryl methyl sites for hydroxylation is 1. The van der Waals surface area contributed by atoms with E-state index in [0.717, 1.165) is 0 Å². The SMILES string of the molecule is Cn1cc(C(=O)c2ccccc2O)cn1. The van der Waals surface area contributed by atoms with Crippen LogP contribution in [0.15, 0.2) is 36.7 Å². The molecule has 1 aromatic carbocycles. The monoisotopic (exact) mass is 202 g/mol. The molecule has 0 saturated carbocycles. The molecule has 2 aromatic rings. The summed E-state index contributed by atoms with van der Waals surface area (Å²) < 4.78 is 1.55. The summed E-state index contributed by atoms with van der Waals surface area (Å²) in [5.41, 5.74) is 0.768. The zero-order valence-corrected chi connectivity index (χ0v) is 8.21. The predicted molar refractivity (Wildman–Crippen MR) is 54.7 cm³/mol. The molecule has 0 amide bonds. The third-order valence-electron chi connectivity index (χ3n) is 2.12. The molecule has 1 N–H and O–H groups in total. The molecule has 1 aromatic heterocycles. The van der Waals surface area contributed by atoms with Crippen molar-refractivity contribution < 1.29 is 9.90 Å². The Morgan fingerprint density at radius 2 is 2.13 bits per heavy atom. The first-order chi connectivity index (χ1) is 7.18. The first-order valence-corrected chi connectivity index (χ1v) is 4.50. The Bertz CT molecular complexity index is 503. The third kappa shape index (κ3) is 1.74. The van der Waals surface area contributed by atoms with Crippen LogP contribution >= 0.6 is 0 Å². The van der Waals surface area contributed by atoms with Gasteiger partial charge in [0.25, 0.3) is 0 Å².